The van der Waals surface area contributed by atoms with Gasteiger partial charge in [-0.15, -0.1) is 0 Å². The third-order valence-corrected chi connectivity index (χ3v) is 2.36. The first kappa shape index (κ1) is 12.3. The molecule has 1 aromatic heterocycles. The number of methoxy groups -OCH3 is 1. The van der Waals surface area contributed by atoms with E-state index in [9.17, 15) is 0 Å². The van der Waals surface area contributed by atoms with Crippen LogP contribution in [-0.4, -0.2) is 30.2 Å². The molecule has 0 aliphatic rings. The van der Waals surface area contributed by atoms with E-state index in [-0.39, 0.29) is 0 Å². The standard InChI is InChI=1S/C13H15N3O2/c1-17-11-4-2-10(3-5-11)13-15-8-12(9-16-13)18-7-6-14/h2-5,8-9H,6-7,14H2,1H3. The number of hydrogen-bond donors (Lipinski definition) is 1. The zero-order valence-corrected chi connectivity index (χ0v) is 10.2. The molecule has 2 aromatic rings. The van der Waals surface area contributed by atoms with Gasteiger partial charge in [0.2, 0.25) is 0 Å². The second-order valence-electron chi connectivity index (χ2n) is 3.61. The number of ether oxygens (including phenoxy) is 2. The lowest BCUT2D eigenvalue weighted by atomic mass is 10.2. The predicted molar refractivity (Wildman–Crippen MR) is 68.6 cm³/mol. The van der Waals surface area contributed by atoms with Crippen molar-refractivity contribution in [2.75, 3.05) is 20.3 Å². The largest absolute Gasteiger partial charge is 0.497 e. The fraction of sp³-hybridized carbons (Fsp3) is 0.231. The van der Waals surface area contributed by atoms with E-state index in [1.165, 1.54) is 0 Å². The number of hydrogen-bond acceptors (Lipinski definition) is 5. The highest BCUT2D eigenvalue weighted by Crippen LogP contribution is 2.19. The minimum atomic E-state index is 0.464. The summed E-state index contributed by atoms with van der Waals surface area (Å²) in [5.41, 5.74) is 6.28. The Morgan fingerprint density at radius 1 is 1.06 bits per heavy atom. The second kappa shape index (κ2) is 5.97. The highest BCUT2D eigenvalue weighted by Gasteiger charge is 2.02. The predicted octanol–water partition coefficient (Wildman–Crippen LogP) is 1.49. The Hall–Kier alpha value is -2.14. The molecule has 0 saturated heterocycles. The highest BCUT2D eigenvalue weighted by atomic mass is 16.5. The van der Waals surface area contributed by atoms with E-state index >= 15 is 0 Å². The molecule has 0 saturated carbocycles. The van der Waals surface area contributed by atoms with E-state index in [0.717, 1.165) is 11.3 Å². The Labute approximate surface area is 106 Å². The average Bonchev–Trinajstić information content (AvgIpc) is 2.46. The third-order valence-electron chi connectivity index (χ3n) is 2.36. The van der Waals surface area contributed by atoms with Crippen LogP contribution in [0.25, 0.3) is 11.4 Å². The number of aromatic nitrogens is 2. The van der Waals surface area contributed by atoms with Gasteiger partial charge in [-0.05, 0) is 24.3 Å². The van der Waals surface area contributed by atoms with E-state index in [1.807, 2.05) is 24.3 Å². The zero-order chi connectivity index (χ0) is 12.8. The van der Waals surface area contributed by atoms with E-state index in [4.69, 9.17) is 15.2 Å². The van der Waals surface area contributed by atoms with Crippen molar-refractivity contribution in [3.63, 3.8) is 0 Å². The van der Waals surface area contributed by atoms with Crippen LogP contribution < -0.4 is 15.2 Å². The van der Waals surface area contributed by atoms with Gasteiger partial charge in [0.25, 0.3) is 0 Å². The van der Waals surface area contributed by atoms with E-state index in [0.29, 0.717) is 24.7 Å². The van der Waals surface area contributed by atoms with Crippen molar-refractivity contribution in [1.29, 1.82) is 0 Å². The molecule has 0 bridgehead atoms. The van der Waals surface area contributed by atoms with Gasteiger partial charge >= 0.3 is 0 Å². The maximum Gasteiger partial charge on any atom is 0.159 e. The quantitative estimate of drug-likeness (QED) is 0.864. The van der Waals surface area contributed by atoms with Crippen molar-refractivity contribution >= 4 is 0 Å². The van der Waals surface area contributed by atoms with Crippen LogP contribution in [0.1, 0.15) is 0 Å². The topological polar surface area (TPSA) is 70.3 Å². The van der Waals surface area contributed by atoms with E-state index in [1.54, 1.807) is 19.5 Å². The molecule has 0 amide bonds. The maximum absolute atomic E-state index is 5.35. The van der Waals surface area contributed by atoms with Gasteiger partial charge in [0, 0.05) is 12.1 Å². The molecule has 0 unspecified atom stereocenters. The van der Waals surface area contributed by atoms with Crippen molar-refractivity contribution in [2.45, 2.75) is 0 Å². The first-order valence-corrected chi connectivity index (χ1v) is 5.63. The molecule has 2 rings (SSSR count). The summed E-state index contributed by atoms with van der Waals surface area (Å²) in [5, 5.41) is 0. The van der Waals surface area contributed by atoms with Gasteiger partial charge in [0.15, 0.2) is 11.6 Å². The molecule has 1 aromatic carbocycles. The van der Waals surface area contributed by atoms with Gasteiger partial charge in [-0.3, -0.25) is 0 Å². The van der Waals surface area contributed by atoms with Crippen LogP contribution in [-0.2, 0) is 0 Å². The fourth-order valence-electron chi connectivity index (χ4n) is 1.46. The van der Waals surface area contributed by atoms with Crippen LogP contribution >= 0.6 is 0 Å². The first-order valence-electron chi connectivity index (χ1n) is 5.63. The highest BCUT2D eigenvalue weighted by molar-refractivity contribution is 5.56. The summed E-state index contributed by atoms with van der Waals surface area (Å²) in [7, 11) is 1.63. The smallest absolute Gasteiger partial charge is 0.159 e. The molecule has 94 valence electrons. The van der Waals surface area contributed by atoms with Crippen molar-refractivity contribution in [1.82, 2.24) is 9.97 Å². The molecule has 0 radical (unpaired) electrons. The maximum atomic E-state index is 5.35. The van der Waals surface area contributed by atoms with Crippen LogP contribution in [0.3, 0.4) is 0 Å². The van der Waals surface area contributed by atoms with Crippen molar-refractivity contribution in [3.8, 4) is 22.9 Å². The average molecular weight is 245 g/mol. The van der Waals surface area contributed by atoms with Gasteiger partial charge < -0.3 is 15.2 Å². The van der Waals surface area contributed by atoms with E-state index < -0.39 is 0 Å². The summed E-state index contributed by atoms with van der Waals surface area (Å²) in [4.78, 5) is 8.48. The third kappa shape index (κ3) is 2.95. The Kier molecular flexibility index (Phi) is 4.09. The molecule has 0 aliphatic heterocycles. The van der Waals surface area contributed by atoms with Crippen LogP contribution in [0.15, 0.2) is 36.7 Å². The summed E-state index contributed by atoms with van der Waals surface area (Å²) in [6.45, 7) is 0.936. The Bertz CT molecular complexity index is 483. The van der Waals surface area contributed by atoms with E-state index in [2.05, 4.69) is 9.97 Å². The SMILES string of the molecule is COc1ccc(-c2ncc(OCCN)cn2)cc1. The molecule has 0 aliphatic carbocycles. The Morgan fingerprint density at radius 3 is 2.28 bits per heavy atom. The zero-order valence-electron chi connectivity index (χ0n) is 10.2. The Balaban J connectivity index is 2.12. The monoisotopic (exact) mass is 245 g/mol. The molecule has 0 spiro atoms. The molecule has 5 heteroatoms. The minimum Gasteiger partial charge on any atom is -0.497 e. The lowest BCUT2D eigenvalue weighted by Crippen LogP contribution is -2.10. The van der Waals surface area contributed by atoms with Crippen LogP contribution in [0, 0.1) is 0 Å². The molecule has 2 N–H and O–H groups in total. The second-order valence-corrected chi connectivity index (χ2v) is 3.61. The molecule has 18 heavy (non-hydrogen) atoms. The summed E-state index contributed by atoms with van der Waals surface area (Å²) < 4.78 is 10.4. The lowest BCUT2D eigenvalue weighted by molar-refractivity contribution is 0.325. The van der Waals surface area contributed by atoms with Gasteiger partial charge in [0.1, 0.15) is 12.4 Å². The van der Waals surface area contributed by atoms with Crippen molar-refractivity contribution < 1.29 is 9.47 Å². The van der Waals surface area contributed by atoms with Crippen LogP contribution in [0.4, 0.5) is 0 Å². The van der Waals surface area contributed by atoms with Crippen molar-refractivity contribution in [2.24, 2.45) is 5.73 Å². The molecule has 0 atom stereocenters. The van der Waals surface area contributed by atoms with Crippen LogP contribution in [0.5, 0.6) is 11.5 Å². The number of nitrogens with zero attached hydrogens (tertiary/aromatic N) is 2. The summed E-state index contributed by atoms with van der Waals surface area (Å²) in [6, 6.07) is 7.57. The van der Waals surface area contributed by atoms with Gasteiger partial charge in [0.05, 0.1) is 19.5 Å². The first-order chi connectivity index (χ1) is 8.83. The van der Waals surface area contributed by atoms with Gasteiger partial charge in [-0.1, -0.05) is 0 Å². The lowest BCUT2D eigenvalue weighted by Gasteiger charge is -2.05. The molecular weight excluding hydrogens is 230 g/mol. The molecule has 5 nitrogen and oxygen atoms in total. The van der Waals surface area contributed by atoms with Crippen molar-refractivity contribution in [3.05, 3.63) is 36.7 Å². The number of nitrogens with two attached hydrogens (primary N) is 1. The normalized spacial score (nSPS) is 10.1. The van der Waals surface area contributed by atoms with Gasteiger partial charge in [-0.2, -0.15) is 0 Å². The molecule has 1 heterocycles. The van der Waals surface area contributed by atoms with Crippen LogP contribution in [0.2, 0.25) is 0 Å². The summed E-state index contributed by atoms with van der Waals surface area (Å²) >= 11 is 0. The minimum absolute atomic E-state index is 0.464. The summed E-state index contributed by atoms with van der Waals surface area (Å²) in [6.07, 6.45) is 3.28. The summed E-state index contributed by atoms with van der Waals surface area (Å²) in [5.74, 6) is 2.08. The van der Waals surface area contributed by atoms with Gasteiger partial charge in [-0.25, -0.2) is 9.97 Å². The molecular formula is C13H15N3O2. The Morgan fingerprint density at radius 2 is 1.72 bits per heavy atom. The number of rotatable bonds is 5. The molecule has 0 fully saturated rings. The number of benzene rings is 1. The fourth-order valence-corrected chi connectivity index (χ4v) is 1.46.